The SMILES string of the molecule is COc1cc(CN[C@H](c2nc(C(C)C)no2)C2CCOCC2)cc2c1OCO2. The van der Waals surface area contributed by atoms with Crippen LogP contribution in [0.4, 0.5) is 0 Å². The van der Waals surface area contributed by atoms with Crippen LogP contribution in [0.1, 0.15) is 55.9 Å². The minimum Gasteiger partial charge on any atom is -0.493 e. The third kappa shape index (κ3) is 3.93. The van der Waals surface area contributed by atoms with Crippen LogP contribution >= 0.6 is 0 Å². The van der Waals surface area contributed by atoms with E-state index in [9.17, 15) is 0 Å². The van der Waals surface area contributed by atoms with Gasteiger partial charge in [-0.15, -0.1) is 0 Å². The van der Waals surface area contributed by atoms with Crippen LogP contribution in [0, 0.1) is 5.92 Å². The van der Waals surface area contributed by atoms with E-state index in [4.69, 9.17) is 23.5 Å². The van der Waals surface area contributed by atoms with Gasteiger partial charge in [-0.3, -0.25) is 0 Å². The van der Waals surface area contributed by atoms with Crippen LogP contribution in [0.3, 0.4) is 0 Å². The Hall–Kier alpha value is -2.32. The summed E-state index contributed by atoms with van der Waals surface area (Å²) in [7, 11) is 1.63. The van der Waals surface area contributed by atoms with Gasteiger partial charge < -0.3 is 28.8 Å². The first-order valence-electron chi connectivity index (χ1n) is 9.77. The molecule has 2 aliphatic rings. The normalized spacial score (nSPS) is 17.9. The number of aromatic nitrogens is 2. The summed E-state index contributed by atoms with van der Waals surface area (Å²) in [5.41, 5.74) is 1.04. The van der Waals surface area contributed by atoms with Crippen molar-refractivity contribution in [1.29, 1.82) is 0 Å². The van der Waals surface area contributed by atoms with E-state index >= 15 is 0 Å². The van der Waals surface area contributed by atoms with Gasteiger partial charge in [0.25, 0.3) is 0 Å². The molecule has 152 valence electrons. The zero-order valence-corrected chi connectivity index (χ0v) is 16.6. The molecule has 0 spiro atoms. The van der Waals surface area contributed by atoms with E-state index in [1.165, 1.54) is 0 Å². The van der Waals surface area contributed by atoms with Gasteiger partial charge in [0.1, 0.15) is 0 Å². The number of fused-ring (bicyclic) bond motifs is 1. The number of methoxy groups -OCH3 is 1. The van der Waals surface area contributed by atoms with Gasteiger partial charge in [0, 0.05) is 25.7 Å². The summed E-state index contributed by atoms with van der Waals surface area (Å²) in [5, 5.41) is 7.76. The van der Waals surface area contributed by atoms with Gasteiger partial charge in [-0.1, -0.05) is 19.0 Å². The predicted octanol–water partition coefficient (Wildman–Crippen LogP) is 3.19. The Kier molecular flexibility index (Phi) is 5.68. The number of benzene rings is 1. The molecule has 1 aromatic heterocycles. The molecule has 0 aliphatic carbocycles. The van der Waals surface area contributed by atoms with Gasteiger partial charge in [0.05, 0.1) is 13.2 Å². The summed E-state index contributed by atoms with van der Waals surface area (Å²) < 4.78 is 27.6. The molecular formula is C20H27N3O5. The van der Waals surface area contributed by atoms with Crippen LogP contribution in [0.2, 0.25) is 0 Å². The van der Waals surface area contributed by atoms with Crippen molar-refractivity contribution in [1.82, 2.24) is 15.5 Å². The first-order valence-corrected chi connectivity index (χ1v) is 9.77. The third-order valence-corrected chi connectivity index (χ3v) is 5.22. The summed E-state index contributed by atoms with van der Waals surface area (Å²) in [6.07, 6.45) is 1.92. The molecule has 2 aliphatic heterocycles. The zero-order chi connectivity index (χ0) is 19.5. The molecule has 1 fully saturated rings. The average Bonchev–Trinajstić information content (AvgIpc) is 3.38. The fraction of sp³-hybridized carbons (Fsp3) is 0.600. The maximum absolute atomic E-state index is 5.61. The number of hydrogen-bond donors (Lipinski definition) is 1. The Morgan fingerprint density at radius 1 is 1.21 bits per heavy atom. The first-order chi connectivity index (χ1) is 13.7. The van der Waals surface area contributed by atoms with Crippen molar-refractivity contribution >= 4 is 0 Å². The molecule has 8 nitrogen and oxygen atoms in total. The Labute approximate surface area is 164 Å². The van der Waals surface area contributed by atoms with E-state index in [0.29, 0.717) is 35.6 Å². The van der Waals surface area contributed by atoms with E-state index in [0.717, 1.165) is 37.4 Å². The molecule has 1 N–H and O–H groups in total. The summed E-state index contributed by atoms with van der Waals surface area (Å²) in [4.78, 5) is 4.64. The van der Waals surface area contributed by atoms with E-state index < -0.39 is 0 Å². The molecule has 0 saturated carbocycles. The molecule has 0 unspecified atom stereocenters. The fourth-order valence-electron chi connectivity index (χ4n) is 3.63. The summed E-state index contributed by atoms with van der Waals surface area (Å²) in [6.45, 7) is 6.47. The highest BCUT2D eigenvalue weighted by Crippen LogP contribution is 2.42. The smallest absolute Gasteiger partial charge is 0.244 e. The number of nitrogens with zero attached hydrogens (tertiary/aromatic N) is 2. The van der Waals surface area contributed by atoms with Crippen molar-refractivity contribution in [2.75, 3.05) is 27.1 Å². The van der Waals surface area contributed by atoms with Gasteiger partial charge in [-0.2, -0.15) is 4.98 Å². The highest BCUT2D eigenvalue weighted by atomic mass is 16.7. The topological polar surface area (TPSA) is 87.9 Å². The van der Waals surface area contributed by atoms with Crippen molar-refractivity contribution in [2.24, 2.45) is 5.92 Å². The molecular weight excluding hydrogens is 362 g/mol. The largest absolute Gasteiger partial charge is 0.493 e. The Balaban J connectivity index is 1.54. The van der Waals surface area contributed by atoms with Gasteiger partial charge >= 0.3 is 0 Å². The molecule has 4 rings (SSSR count). The number of rotatable bonds is 7. The molecule has 0 radical (unpaired) electrons. The lowest BCUT2D eigenvalue weighted by Crippen LogP contribution is -2.32. The third-order valence-electron chi connectivity index (χ3n) is 5.22. The second kappa shape index (κ2) is 8.36. The highest BCUT2D eigenvalue weighted by molar-refractivity contribution is 5.55. The van der Waals surface area contributed by atoms with Gasteiger partial charge in [0.2, 0.25) is 18.4 Å². The van der Waals surface area contributed by atoms with Crippen LogP contribution in [-0.2, 0) is 11.3 Å². The van der Waals surface area contributed by atoms with Crippen molar-refractivity contribution in [3.8, 4) is 17.2 Å². The van der Waals surface area contributed by atoms with Crippen molar-refractivity contribution in [3.63, 3.8) is 0 Å². The van der Waals surface area contributed by atoms with Gasteiger partial charge in [-0.25, -0.2) is 0 Å². The molecule has 8 heteroatoms. The molecule has 1 atom stereocenters. The van der Waals surface area contributed by atoms with Crippen LogP contribution in [0.25, 0.3) is 0 Å². The minimum absolute atomic E-state index is 0.0275. The first kappa shape index (κ1) is 19.0. The van der Waals surface area contributed by atoms with E-state index in [-0.39, 0.29) is 18.8 Å². The van der Waals surface area contributed by atoms with Gasteiger partial charge in [-0.05, 0) is 36.5 Å². The van der Waals surface area contributed by atoms with Crippen LogP contribution in [-0.4, -0.2) is 37.3 Å². The maximum Gasteiger partial charge on any atom is 0.244 e. The fourth-order valence-corrected chi connectivity index (χ4v) is 3.63. The molecule has 2 aromatic rings. The molecule has 3 heterocycles. The number of nitrogens with one attached hydrogen (secondary N) is 1. The molecule has 1 saturated heterocycles. The summed E-state index contributed by atoms with van der Waals surface area (Å²) >= 11 is 0. The molecule has 0 amide bonds. The molecule has 28 heavy (non-hydrogen) atoms. The lowest BCUT2D eigenvalue weighted by atomic mass is 9.91. The second-order valence-electron chi connectivity index (χ2n) is 7.49. The van der Waals surface area contributed by atoms with E-state index in [1.807, 2.05) is 12.1 Å². The Morgan fingerprint density at radius 3 is 2.75 bits per heavy atom. The Morgan fingerprint density at radius 2 is 2.04 bits per heavy atom. The van der Waals surface area contributed by atoms with E-state index in [1.54, 1.807) is 7.11 Å². The van der Waals surface area contributed by atoms with Crippen molar-refractivity contribution < 1.29 is 23.5 Å². The maximum atomic E-state index is 5.61. The minimum atomic E-state index is -0.0275. The lowest BCUT2D eigenvalue weighted by Gasteiger charge is -2.28. The van der Waals surface area contributed by atoms with Crippen LogP contribution in [0.5, 0.6) is 17.2 Å². The quantitative estimate of drug-likeness (QED) is 0.772. The highest BCUT2D eigenvalue weighted by Gasteiger charge is 2.30. The van der Waals surface area contributed by atoms with Crippen molar-refractivity contribution in [3.05, 3.63) is 29.4 Å². The molecule has 0 bridgehead atoms. The second-order valence-corrected chi connectivity index (χ2v) is 7.49. The zero-order valence-electron chi connectivity index (χ0n) is 16.6. The van der Waals surface area contributed by atoms with Crippen LogP contribution < -0.4 is 19.5 Å². The number of ether oxygens (including phenoxy) is 4. The lowest BCUT2D eigenvalue weighted by molar-refractivity contribution is 0.0485. The van der Waals surface area contributed by atoms with Gasteiger partial charge in [0.15, 0.2) is 17.3 Å². The average molecular weight is 389 g/mol. The van der Waals surface area contributed by atoms with Crippen LogP contribution in [0.15, 0.2) is 16.7 Å². The Bertz CT molecular complexity index is 801. The monoisotopic (exact) mass is 389 g/mol. The van der Waals surface area contributed by atoms with Crippen molar-refractivity contribution in [2.45, 2.75) is 45.2 Å². The van der Waals surface area contributed by atoms with E-state index in [2.05, 4.69) is 29.3 Å². The predicted molar refractivity (Wildman–Crippen MR) is 101 cm³/mol. The molecule has 1 aromatic carbocycles. The number of hydrogen-bond acceptors (Lipinski definition) is 8. The standard InChI is InChI=1S/C20H27N3O5/c1-12(2)19-22-20(28-23-19)17(14-4-6-25-7-5-14)21-10-13-8-15(24-3)18-16(9-13)26-11-27-18/h8-9,12,14,17,21H,4-7,10-11H2,1-3H3/t17-/m0/s1. The summed E-state index contributed by atoms with van der Waals surface area (Å²) in [6, 6.07) is 3.92. The summed E-state index contributed by atoms with van der Waals surface area (Å²) in [5.74, 6) is 4.02.